The molecule has 182 valence electrons. The van der Waals surface area contributed by atoms with Gasteiger partial charge in [-0.2, -0.15) is 0 Å². The van der Waals surface area contributed by atoms with Crippen LogP contribution in [-0.4, -0.2) is 40.2 Å². The summed E-state index contributed by atoms with van der Waals surface area (Å²) in [7, 11) is 0. The number of aliphatic hydroxyl groups is 1. The fraction of sp³-hybridized carbons (Fsp3) is 0.643. The van der Waals surface area contributed by atoms with Gasteiger partial charge in [-0.15, -0.1) is 0 Å². The highest BCUT2D eigenvalue weighted by atomic mass is 19.1. The van der Waals surface area contributed by atoms with E-state index >= 15 is 0 Å². The molecular formula is C28H36FN3O2. The summed E-state index contributed by atoms with van der Waals surface area (Å²) in [6.45, 7) is 6.04. The number of hydrogen-bond donors (Lipinski definition) is 2. The lowest BCUT2D eigenvalue weighted by Crippen LogP contribution is -2.54. The van der Waals surface area contributed by atoms with E-state index in [1.54, 1.807) is 18.3 Å². The minimum atomic E-state index is -0.593. The summed E-state index contributed by atoms with van der Waals surface area (Å²) in [5, 5.41) is 15.4. The van der Waals surface area contributed by atoms with Gasteiger partial charge in [-0.1, -0.05) is 6.92 Å². The highest BCUT2D eigenvalue weighted by Gasteiger charge is 2.59. The number of rotatable bonds is 4. The summed E-state index contributed by atoms with van der Waals surface area (Å²) in [5.74, 6) is 1.91. The van der Waals surface area contributed by atoms with E-state index in [-0.39, 0.29) is 22.7 Å². The maximum atomic E-state index is 13.9. The van der Waals surface area contributed by atoms with Gasteiger partial charge in [-0.05, 0) is 99.3 Å². The Labute approximate surface area is 201 Å². The van der Waals surface area contributed by atoms with Crippen LogP contribution in [0.2, 0.25) is 0 Å². The van der Waals surface area contributed by atoms with Gasteiger partial charge in [0.15, 0.2) is 0 Å². The molecule has 6 rings (SSSR count). The van der Waals surface area contributed by atoms with Gasteiger partial charge in [0.25, 0.3) is 0 Å². The monoisotopic (exact) mass is 465 g/mol. The van der Waals surface area contributed by atoms with Crippen molar-refractivity contribution in [2.45, 2.75) is 76.4 Å². The van der Waals surface area contributed by atoms with Crippen LogP contribution in [-0.2, 0) is 4.79 Å². The minimum absolute atomic E-state index is 0.0623. The Hall–Kier alpha value is -2.21. The highest BCUT2D eigenvalue weighted by molar-refractivity contribution is 5.91. The zero-order chi connectivity index (χ0) is 23.7. The van der Waals surface area contributed by atoms with Crippen LogP contribution in [0.5, 0.6) is 0 Å². The Bertz CT molecular complexity index is 1130. The molecule has 1 amide bonds. The second-order valence-corrected chi connectivity index (χ2v) is 12.5. The third kappa shape index (κ3) is 3.88. The van der Waals surface area contributed by atoms with Crippen molar-refractivity contribution in [3.8, 4) is 0 Å². The van der Waals surface area contributed by atoms with Crippen LogP contribution in [0.15, 0.2) is 30.5 Å². The molecule has 0 radical (unpaired) electrons. The van der Waals surface area contributed by atoms with Gasteiger partial charge < -0.3 is 15.3 Å². The van der Waals surface area contributed by atoms with E-state index in [1.165, 1.54) is 12.5 Å². The third-order valence-corrected chi connectivity index (χ3v) is 9.53. The Morgan fingerprint density at radius 2 is 1.94 bits per heavy atom. The SMILES string of the molecule is CC1(CC(=O)N[C@]2(C)C[C@@H]3CC4CC(O)(CC43)C2)CCN(c2ccnc3ccc(F)cc23)CC1. The molecule has 1 saturated heterocycles. The maximum absolute atomic E-state index is 13.9. The molecule has 2 aromatic rings. The summed E-state index contributed by atoms with van der Waals surface area (Å²) in [6, 6.07) is 6.71. The first kappa shape index (κ1) is 22.3. The van der Waals surface area contributed by atoms with Gasteiger partial charge in [0, 0.05) is 42.3 Å². The molecule has 0 spiro atoms. The average molecular weight is 466 g/mol. The molecule has 6 heteroatoms. The highest BCUT2D eigenvalue weighted by Crippen LogP contribution is 2.61. The lowest BCUT2D eigenvalue weighted by Gasteiger charge is -2.47. The summed E-state index contributed by atoms with van der Waals surface area (Å²) >= 11 is 0. The van der Waals surface area contributed by atoms with Crippen molar-refractivity contribution >= 4 is 22.5 Å². The number of carbonyl (C=O) groups is 1. The standard InChI is InChI=1S/C28H36FN3O2/c1-26(6-9-32(10-7-26)24-5-8-30-23-4-3-20(29)12-21(23)24)16-25(33)31-27(2)13-18-11-19-14-28(34,17-27)15-22(18)19/h3-5,8,12,18-19,22,34H,6-7,9-11,13-17H2,1-2H3,(H,31,33)/t18-,19?,22?,27+,28?/m0/s1. The molecule has 4 aliphatic rings. The number of fused-ring (bicyclic) bond motifs is 2. The smallest absolute Gasteiger partial charge is 0.220 e. The predicted molar refractivity (Wildman–Crippen MR) is 131 cm³/mol. The molecule has 1 aliphatic heterocycles. The number of anilines is 1. The second kappa shape index (κ2) is 7.64. The molecule has 2 N–H and O–H groups in total. The van der Waals surface area contributed by atoms with Gasteiger partial charge in [0.05, 0.1) is 11.1 Å². The number of nitrogens with zero attached hydrogens (tertiary/aromatic N) is 2. The van der Waals surface area contributed by atoms with E-state index in [9.17, 15) is 14.3 Å². The molecule has 3 aliphatic carbocycles. The third-order valence-electron chi connectivity index (χ3n) is 9.53. The second-order valence-electron chi connectivity index (χ2n) is 12.5. The van der Waals surface area contributed by atoms with E-state index < -0.39 is 5.60 Å². The number of nitrogens with one attached hydrogen (secondary N) is 1. The summed E-state index contributed by atoms with van der Waals surface area (Å²) in [4.78, 5) is 19.9. The van der Waals surface area contributed by atoms with Crippen molar-refractivity contribution in [3.05, 3.63) is 36.3 Å². The Kier molecular flexibility index (Phi) is 5.01. The lowest BCUT2D eigenvalue weighted by molar-refractivity contribution is -0.126. The number of hydrogen-bond acceptors (Lipinski definition) is 4. The first-order chi connectivity index (χ1) is 16.1. The molecule has 5 atom stereocenters. The average Bonchev–Trinajstić information content (AvgIpc) is 2.97. The van der Waals surface area contributed by atoms with Gasteiger partial charge >= 0.3 is 0 Å². The number of benzene rings is 1. The van der Waals surface area contributed by atoms with Crippen LogP contribution in [0.1, 0.15) is 65.2 Å². The Morgan fingerprint density at radius 1 is 1.18 bits per heavy atom. The number of amides is 1. The zero-order valence-corrected chi connectivity index (χ0v) is 20.3. The number of pyridine rings is 1. The molecule has 34 heavy (non-hydrogen) atoms. The van der Waals surface area contributed by atoms with Crippen LogP contribution in [0, 0.1) is 29.0 Å². The molecule has 4 fully saturated rings. The molecule has 2 bridgehead atoms. The van der Waals surface area contributed by atoms with Gasteiger partial charge in [-0.3, -0.25) is 9.78 Å². The first-order valence-electron chi connectivity index (χ1n) is 13.0. The predicted octanol–water partition coefficient (Wildman–Crippen LogP) is 4.82. The first-order valence-corrected chi connectivity index (χ1v) is 13.0. The van der Waals surface area contributed by atoms with Crippen LogP contribution in [0.3, 0.4) is 0 Å². The van der Waals surface area contributed by atoms with Crippen LogP contribution >= 0.6 is 0 Å². The van der Waals surface area contributed by atoms with Crippen molar-refractivity contribution in [3.63, 3.8) is 0 Å². The molecule has 5 nitrogen and oxygen atoms in total. The molecule has 2 heterocycles. The van der Waals surface area contributed by atoms with Crippen molar-refractivity contribution < 1.29 is 14.3 Å². The fourth-order valence-corrected chi connectivity index (χ4v) is 7.97. The molecule has 3 saturated carbocycles. The summed E-state index contributed by atoms with van der Waals surface area (Å²) < 4.78 is 13.9. The number of carbonyl (C=O) groups excluding carboxylic acids is 1. The van der Waals surface area contributed by atoms with E-state index in [0.29, 0.717) is 30.6 Å². The van der Waals surface area contributed by atoms with Crippen molar-refractivity contribution in [2.75, 3.05) is 18.0 Å². The van der Waals surface area contributed by atoms with Gasteiger partial charge in [-0.25, -0.2) is 4.39 Å². The number of aromatic nitrogens is 1. The van der Waals surface area contributed by atoms with Crippen molar-refractivity contribution in [1.29, 1.82) is 0 Å². The van der Waals surface area contributed by atoms with Crippen molar-refractivity contribution in [1.82, 2.24) is 10.3 Å². The van der Waals surface area contributed by atoms with Crippen molar-refractivity contribution in [2.24, 2.45) is 23.2 Å². The largest absolute Gasteiger partial charge is 0.390 e. The Balaban J connectivity index is 1.10. The summed E-state index contributed by atoms with van der Waals surface area (Å²) in [6.07, 6.45) is 8.87. The van der Waals surface area contributed by atoms with Gasteiger partial charge in [0.1, 0.15) is 5.82 Å². The fourth-order valence-electron chi connectivity index (χ4n) is 7.97. The molecular weight excluding hydrogens is 429 g/mol. The normalized spacial score (nSPS) is 36.1. The lowest BCUT2D eigenvalue weighted by atomic mass is 9.62. The summed E-state index contributed by atoms with van der Waals surface area (Å²) in [5.41, 5.74) is 0.853. The van der Waals surface area contributed by atoms with Gasteiger partial charge in [0.2, 0.25) is 5.91 Å². The van der Waals surface area contributed by atoms with Crippen LogP contribution in [0.25, 0.3) is 10.9 Å². The molecule has 1 aromatic carbocycles. The topological polar surface area (TPSA) is 65.5 Å². The zero-order valence-electron chi connectivity index (χ0n) is 20.3. The molecule has 3 unspecified atom stereocenters. The van der Waals surface area contributed by atoms with E-state index in [4.69, 9.17) is 0 Å². The van der Waals surface area contributed by atoms with E-state index in [0.717, 1.165) is 61.8 Å². The van der Waals surface area contributed by atoms with Crippen LogP contribution < -0.4 is 10.2 Å². The maximum Gasteiger partial charge on any atom is 0.220 e. The van der Waals surface area contributed by atoms with E-state index in [1.807, 2.05) is 6.07 Å². The van der Waals surface area contributed by atoms with E-state index in [2.05, 4.69) is 29.0 Å². The Morgan fingerprint density at radius 3 is 2.74 bits per heavy atom. The quantitative estimate of drug-likeness (QED) is 0.680. The van der Waals surface area contributed by atoms with Crippen LogP contribution in [0.4, 0.5) is 10.1 Å². The minimum Gasteiger partial charge on any atom is -0.390 e. The number of piperidine rings is 1. The number of halogens is 1. The molecule has 1 aromatic heterocycles.